The van der Waals surface area contributed by atoms with Gasteiger partial charge in [-0.05, 0) is 81.2 Å². The molecule has 3 nitrogen and oxygen atoms in total. The smallest absolute Gasteiger partial charge is 0.124 e. The van der Waals surface area contributed by atoms with Crippen molar-refractivity contribution in [2.45, 2.75) is 100 Å². The van der Waals surface area contributed by atoms with E-state index in [0.29, 0.717) is 6.42 Å². The summed E-state index contributed by atoms with van der Waals surface area (Å²) in [5, 5.41) is 23.3. The Hall–Kier alpha value is -1.84. The number of fused-ring (bicyclic) bond motifs is 1. The van der Waals surface area contributed by atoms with Gasteiger partial charge in [-0.2, -0.15) is 0 Å². The van der Waals surface area contributed by atoms with Crippen molar-refractivity contribution in [2.24, 2.45) is 17.6 Å². The third kappa shape index (κ3) is 3.99. The molecule has 32 heavy (non-hydrogen) atoms. The summed E-state index contributed by atoms with van der Waals surface area (Å²) in [7, 11) is 0. The van der Waals surface area contributed by atoms with Crippen LogP contribution in [-0.2, 0) is 0 Å². The summed E-state index contributed by atoms with van der Waals surface area (Å²) in [5.74, 6) is 0.163. The van der Waals surface area contributed by atoms with E-state index >= 15 is 0 Å². The first-order chi connectivity index (χ1) is 15.1. The molecule has 2 aliphatic carbocycles. The zero-order valence-electron chi connectivity index (χ0n) is 22.4. The molecule has 0 amide bonds. The number of aryl methyl sites for hydroxylation is 3. The van der Waals surface area contributed by atoms with Crippen molar-refractivity contribution in [3.8, 4) is 0 Å². The number of hydrogen-bond donors (Lipinski definition) is 3. The normalized spacial score (nSPS) is 30.2. The highest BCUT2D eigenvalue weighted by atomic mass is 16.3. The molecule has 4 atom stereocenters. The third-order valence-corrected chi connectivity index (χ3v) is 7.19. The van der Waals surface area contributed by atoms with Crippen molar-refractivity contribution >= 4 is 5.57 Å². The minimum Gasteiger partial charge on any atom is -0.510 e. The molecule has 1 aromatic rings. The van der Waals surface area contributed by atoms with E-state index in [-0.39, 0.29) is 17.6 Å². The SMILES string of the molecule is C/C=C1\C(c2c(C)cc(C)cc2C)=C(O)[C@@]2(N)[C@@H]1C(CC)C=C(C)C2(O)CC.CC.CC. The lowest BCUT2D eigenvalue weighted by atomic mass is 9.58. The molecule has 0 bridgehead atoms. The third-order valence-electron chi connectivity index (χ3n) is 7.19. The van der Waals surface area contributed by atoms with Gasteiger partial charge in [0.15, 0.2) is 0 Å². The summed E-state index contributed by atoms with van der Waals surface area (Å²) in [6, 6.07) is 4.29. The fourth-order valence-electron chi connectivity index (χ4n) is 5.88. The molecule has 2 unspecified atom stereocenters. The molecule has 0 heterocycles. The highest BCUT2D eigenvalue weighted by Crippen LogP contribution is 2.59. The van der Waals surface area contributed by atoms with Crippen LogP contribution in [0.15, 0.2) is 41.2 Å². The molecular formula is C29H47NO2. The molecular weight excluding hydrogens is 394 g/mol. The van der Waals surface area contributed by atoms with E-state index in [0.717, 1.165) is 39.8 Å². The number of allylic oxidation sites excluding steroid dienone is 3. The first kappa shape index (κ1) is 28.2. The number of rotatable bonds is 3. The van der Waals surface area contributed by atoms with E-state index in [1.807, 2.05) is 48.5 Å². The molecule has 1 aromatic carbocycles. The second kappa shape index (κ2) is 10.9. The van der Waals surface area contributed by atoms with Crippen LogP contribution in [-0.4, -0.2) is 21.4 Å². The summed E-state index contributed by atoms with van der Waals surface area (Å²) >= 11 is 0. The van der Waals surface area contributed by atoms with Crippen molar-refractivity contribution in [1.82, 2.24) is 0 Å². The van der Waals surface area contributed by atoms with Gasteiger partial charge in [-0.25, -0.2) is 0 Å². The monoisotopic (exact) mass is 441 g/mol. The topological polar surface area (TPSA) is 66.5 Å². The largest absolute Gasteiger partial charge is 0.510 e. The molecule has 0 spiro atoms. The molecule has 0 radical (unpaired) electrons. The number of aliphatic hydroxyl groups is 2. The zero-order chi connectivity index (χ0) is 25.0. The summed E-state index contributed by atoms with van der Waals surface area (Å²) in [6.07, 6.45) is 5.62. The Balaban J connectivity index is 0.00000121. The van der Waals surface area contributed by atoms with Gasteiger partial charge >= 0.3 is 0 Å². The van der Waals surface area contributed by atoms with Crippen molar-refractivity contribution in [1.29, 1.82) is 0 Å². The fraction of sp³-hybridized carbons (Fsp3) is 0.586. The predicted molar refractivity (Wildman–Crippen MR) is 140 cm³/mol. The van der Waals surface area contributed by atoms with Crippen LogP contribution in [0.3, 0.4) is 0 Å². The average Bonchev–Trinajstić information content (AvgIpc) is 3.01. The van der Waals surface area contributed by atoms with Crippen molar-refractivity contribution in [3.05, 3.63) is 63.4 Å². The lowest BCUT2D eigenvalue weighted by Crippen LogP contribution is -2.67. The van der Waals surface area contributed by atoms with Crippen LogP contribution in [0, 0.1) is 32.6 Å². The first-order valence-corrected chi connectivity index (χ1v) is 12.5. The van der Waals surface area contributed by atoms with Crippen LogP contribution in [0.25, 0.3) is 5.57 Å². The van der Waals surface area contributed by atoms with E-state index in [4.69, 9.17) is 5.73 Å². The summed E-state index contributed by atoms with van der Waals surface area (Å²) in [6.45, 7) is 22.3. The molecule has 3 rings (SSSR count). The molecule has 3 heteroatoms. The predicted octanol–water partition coefficient (Wildman–Crippen LogP) is 7.33. The minimum atomic E-state index is -1.27. The van der Waals surface area contributed by atoms with Gasteiger partial charge in [-0.3, -0.25) is 0 Å². The summed E-state index contributed by atoms with van der Waals surface area (Å²) in [4.78, 5) is 0. The Bertz CT molecular complexity index is 885. The van der Waals surface area contributed by atoms with E-state index in [1.165, 1.54) is 5.56 Å². The van der Waals surface area contributed by atoms with Gasteiger partial charge in [0.2, 0.25) is 0 Å². The van der Waals surface area contributed by atoms with Gasteiger partial charge in [0.25, 0.3) is 0 Å². The molecule has 2 aliphatic rings. The summed E-state index contributed by atoms with van der Waals surface area (Å²) < 4.78 is 0. The average molecular weight is 442 g/mol. The Kier molecular flexibility index (Phi) is 9.56. The van der Waals surface area contributed by atoms with Gasteiger partial charge in [0.1, 0.15) is 16.9 Å². The van der Waals surface area contributed by atoms with Crippen molar-refractivity contribution in [2.75, 3.05) is 0 Å². The van der Waals surface area contributed by atoms with Crippen LogP contribution in [0.1, 0.15) is 90.5 Å². The van der Waals surface area contributed by atoms with E-state index in [9.17, 15) is 10.2 Å². The first-order valence-electron chi connectivity index (χ1n) is 12.5. The van der Waals surface area contributed by atoms with Crippen molar-refractivity contribution < 1.29 is 10.2 Å². The van der Waals surface area contributed by atoms with Gasteiger partial charge in [0, 0.05) is 11.5 Å². The molecule has 4 N–H and O–H groups in total. The van der Waals surface area contributed by atoms with Crippen LogP contribution >= 0.6 is 0 Å². The highest BCUT2D eigenvalue weighted by molar-refractivity contribution is 5.89. The second-order valence-electron chi connectivity index (χ2n) is 8.72. The standard InChI is InChI=1S/C25H35NO2.2C2H6/c1-8-18-13-17(7)24(28,10-3)25(26)22(18)19(9-2)21(23(25)27)20-15(5)11-14(4)12-16(20)6;2*1-2/h9,11-13,18,22,27-28H,8,10,26H2,1-7H3;2*1-2H3/b19-9+;;/t18?,22-,24?,25+;;/m1../s1. The van der Waals surface area contributed by atoms with E-state index in [2.05, 4.69) is 52.0 Å². The van der Waals surface area contributed by atoms with Crippen LogP contribution in [0.2, 0.25) is 0 Å². The van der Waals surface area contributed by atoms with Gasteiger partial charge in [0.05, 0.1) is 0 Å². The fourth-order valence-corrected chi connectivity index (χ4v) is 5.88. The van der Waals surface area contributed by atoms with Gasteiger partial charge in [-0.1, -0.05) is 71.4 Å². The Labute approximate surface area is 197 Å². The van der Waals surface area contributed by atoms with E-state index < -0.39 is 11.1 Å². The van der Waals surface area contributed by atoms with Crippen LogP contribution < -0.4 is 5.73 Å². The van der Waals surface area contributed by atoms with Crippen molar-refractivity contribution in [3.63, 3.8) is 0 Å². The Morgan fingerprint density at radius 1 is 1.00 bits per heavy atom. The van der Waals surface area contributed by atoms with Crippen LogP contribution in [0.4, 0.5) is 0 Å². The van der Waals surface area contributed by atoms with Gasteiger partial charge < -0.3 is 15.9 Å². The Morgan fingerprint density at radius 2 is 1.50 bits per heavy atom. The van der Waals surface area contributed by atoms with Gasteiger partial charge in [-0.15, -0.1) is 0 Å². The molecule has 0 aliphatic heterocycles. The lowest BCUT2D eigenvalue weighted by Gasteiger charge is -2.51. The Morgan fingerprint density at radius 3 is 1.91 bits per heavy atom. The van der Waals surface area contributed by atoms with E-state index in [1.54, 1.807) is 0 Å². The van der Waals surface area contributed by atoms with Crippen LogP contribution in [0.5, 0.6) is 0 Å². The number of hydrogen-bond acceptors (Lipinski definition) is 3. The molecule has 0 aromatic heterocycles. The lowest BCUT2D eigenvalue weighted by molar-refractivity contribution is -0.0388. The molecule has 0 fully saturated rings. The maximum absolute atomic E-state index is 11.7. The maximum atomic E-state index is 11.7. The molecule has 180 valence electrons. The maximum Gasteiger partial charge on any atom is 0.124 e. The number of aliphatic hydroxyl groups excluding tert-OH is 1. The molecule has 0 saturated carbocycles. The second-order valence-corrected chi connectivity index (χ2v) is 8.72. The zero-order valence-corrected chi connectivity index (χ0v) is 22.4. The number of nitrogens with two attached hydrogens (primary N) is 1. The molecule has 0 saturated heterocycles. The minimum absolute atomic E-state index is 0.135. The highest BCUT2D eigenvalue weighted by Gasteiger charge is 2.64. The number of benzene rings is 1. The summed E-state index contributed by atoms with van der Waals surface area (Å²) in [5.41, 5.74) is 11.8. The quantitative estimate of drug-likeness (QED) is 0.430.